The number of nitrogens with two attached hydrogens (primary N) is 1. The van der Waals surface area contributed by atoms with Gasteiger partial charge in [-0.25, -0.2) is 4.79 Å². The molecule has 118 valence electrons. The van der Waals surface area contributed by atoms with Crippen molar-refractivity contribution >= 4 is 17.1 Å². The smallest absolute Gasteiger partial charge is 0.331 e. The van der Waals surface area contributed by atoms with Gasteiger partial charge in [-0.15, -0.1) is 6.58 Å². The van der Waals surface area contributed by atoms with Crippen LogP contribution in [0.5, 0.6) is 0 Å². The van der Waals surface area contributed by atoms with Gasteiger partial charge in [0.05, 0.1) is 0 Å². The van der Waals surface area contributed by atoms with Crippen molar-refractivity contribution in [3.8, 4) is 0 Å². The Morgan fingerprint density at radius 3 is 2.86 bits per heavy atom. The van der Waals surface area contributed by atoms with Crippen molar-refractivity contribution in [2.24, 2.45) is 5.92 Å². The highest BCUT2D eigenvalue weighted by atomic mass is 16.3. The van der Waals surface area contributed by atoms with E-state index in [0.29, 0.717) is 12.1 Å². The summed E-state index contributed by atoms with van der Waals surface area (Å²) in [6.07, 6.45) is 3.87. The zero-order chi connectivity index (χ0) is 15.9. The minimum absolute atomic E-state index is 0.0151. The molecule has 2 aromatic heterocycles. The maximum atomic E-state index is 12.7. The van der Waals surface area contributed by atoms with Crippen LogP contribution < -0.4 is 17.0 Å². The van der Waals surface area contributed by atoms with E-state index >= 15 is 0 Å². The molecule has 22 heavy (non-hydrogen) atoms. The highest BCUT2D eigenvalue weighted by Gasteiger charge is 2.30. The number of rotatable bonds is 4. The molecule has 2 heterocycles. The van der Waals surface area contributed by atoms with Crippen LogP contribution in [-0.4, -0.2) is 30.8 Å². The summed E-state index contributed by atoms with van der Waals surface area (Å²) in [7, 11) is 0. The number of nitrogens with one attached hydrogen (secondary N) is 1. The third kappa shape index (κ3) is 2.16. The van der Waals surface area contributed by atoms with Gasteiger partial charge in [0.2, 0.25) is 5.95 Å². The van der Waals surface area contributed by atoms with Crippen molar-refractivity contribution in [1.82, 2.24) is 19.1 Å². The zero-order valence-electron chi connectivity index (χ0n) is 12.2. The Hall–Kier alpha value is -2.35. The van der Waals surface area contributed by atoms with Crippen LogP contribution in [0.1, 0.15) is 25.3 Å². The molecular weight excluding hydrogens is 286 g/mol. The fourth-order valence-corrected chi connectivity index (χ4v) is 3.28. The van der Waals surface area contributed by atoms with E-state index < -0.39 is 5.56 Å². The van der Waals surface area contributed by atoms with Gasteiger partial charge >= 0.3 is 5.69 Å². The lowest BCUT2D eigenvalue weighted by molar-refractivity contribution is 0.226. The van der Waals surface area contributed by atoms with Gasteiger partial charge in [-0.3, -0.25) is 18.9 Å². The normalized spacial score (nSPS) is 21.5. The van der Waals surface area contributed by atoms with E-state index in [1.165, 1.54) is 4.57 Å². The molecule has 8 heteroatoms. The van der Waals surface area contributed by atoms with Gasteiger partial charge in [-0.1, -0.05) is 6.08 Å². The highest BCUT2D eigenvalue weighted by Crippen LogP contribution is 2.34. The number of allylic oxidation sites excluding steroid dienone is 1. The maximum absolute atomic E-state index is 12.7. The summed E-state index contributed by atoms with van der Waals surface area (Å²) < 4.78 is 2.90. The molecule has 1 aliphatic carbocycles. The van der Waals surface area contributed by atoms with Crippen molar-refractivity contribution in [1.29, 1.82) is 0 Å². The molecular formula is C14H19N5O3. The number of nitrogens with zero attached hydrogens (tertiary/aromatic N) is 3. The number of hydrogen-bond donors (Lipinski definition) is 3. The number of aromatic nitrogens is 4. The summed E-state index contributed by atoms with van der Waals surface area (Å²) in [6.45, 7) is 3.96. The van der Waals surface area contributed by atoms with Crippen molar-refractivity contribution in [3.63, 3.8) is 0 Å². The molecule has 0 radical (unpaired) electrons. The standard InChI is InChI=1S/C14H19N5O3/c1-2-5-18-10-11(16-13(15)17-12(10)21)19(14(18)22)9-4-3-8(6-9)7-20/h2,8-9,20H,1,3-7H2,(H3,15,16,17,21)/t8-,9+/m1/s1. The van der Waals surface area contributed by atoms with Crippen LogP contribution >= 0.6 is 0 Å². The van der Waals surface area contributed by atoms with Crippen molar-refractivity contribution < 1.29 is 5.11 Å². The predicted molar refractivity (Wildman–Crippen MR) is 82.7 cm³/mol. The molecule has 1 fully saturated rings. The number of aliphatic hydroxyl groups excluding tert-OH is 1. The van der Waals surface area contributed by atoms with E-state index in [9.17, 15) is 14.7 Å². The molecule has 2 aromatic rings. The second-order valence-corrected chi connectivity index (χ2v) is 5.69. The van der Waals surface area contributed by atoms with Crippen LogP contribution in [0.25, 0.3) is 11.2 Å². The number of fused-ring (bicyclic) bond motifs is 1. The Balaban J connectivity index is 2.26. The number of nitrogen functional groups attached to an aromatic ring is 1. The zero-order valence-corrected chi connectivity index (χ0v) is 12.2. The van der Waals surface area contributed by atoms with Crippen LogP contribution in [0.15, 0.2) is 22.2 Å². The average Bonchev–Trinajstić information content (AvgIpc) is 3.03. The van der Waals surface area contributed by atoms with Gasteiger partial charge in [-0.2, -0.15) is 4.98 Å². The molecule has 0 spiro atoms. The topological polar surface area (TPSA) is 119 Å². The first kappa shape index (κ1) is 14.6. The van der Waals surface area contributed by atoms with Gasteiger partial charge in [0.1, 0.15) is 0 Å². The molecule has 8 nitrogen and oxygen atoms in total. The van der Waals surface area contributed by atoms with E-state index in [4.69, 9.17) is 5.73 Å². The van der Waals surface area contributed by atoms with Crippen LogP contribution in [0.2, 0.25) is 0 Å². The van der Waals surface area contributed by atoms with Gasteiger partial charge in [0, 0.05) is 19.2 Å². The fourth-order valence-electron chi connectivity index (χ4n) is 3.28. The number of hydrogen-bond acceptors (Lipinski definition) is 5. The lowest BCUT2D eigenvalue weighted by Crippen LogP contribution is -2.27. The first-order valence-corrected chi connectivity index (χ1v) is 7.29. The molecule has 2 atom stereocenters. The molecule has 0 unspecified atom stereocenters. The van der Waals surface area contributed by atoms with Gasteiger partial charge in [-0.05, 0) is 25.2 Å². The third-order valence-corrected chi connectivity index (χ3v) is 4.28. The van der Waals surface area contributed by atoms with Gasteiger partial charge in [0.15, 0.2) is 11.2 Å². The second-order valence-electron chi connectivity index (χ2n) is 5.69. The summed E-state index contributed by atoms with van der Waals surface area (Å²) in [4.78, 5) is 31.5. The first-order chi connectivity index (χ1) is 10.6. The molecule has 3 rings (SSSR count). The highest BCUT2D eigenvalue weighted by molar-refractivity contribution is 5.71. The van der Waals surface area contributed by atoms with Crippen LogP contribution in [0, 0.1) is 5.92 Å². The van der Waals surface area contributed by atoms with E-state index in [0.717, 1.165) is 12.8 Å². The van der Waals surface area contributed by atoms with E-state index in [1.54, 1.807) is 10.6 Å². The summed E-state index contributed by atoms with van der Waals surface area (Å²) in [5, 5.41) is 9.29. The SMILES string of the molecule is C=CCn1c(=O)n([C@H]2CC[C@@H](CO)C2)c2nc(N)[nH]c(=O)c21. The molecule has 0 aromatic carbocycles. The summed E-state index contributed by atoms with van der Waals surface area (Å²) in [6, 6.07) is -0.0769. The number of anilines is 1. The second kappa shape index (κ2) is 5.45. The van der Waals surface area contributed by atoms with Crippen molar-refractivity contribution in [3.05, 3.63) is 33.5 Å². The minimum Gasteiger partial charge on any atom is -0.396 e. The van der Waals surface area contributed by atoms with Crippen LogP contribution in [0.3, 0.4) is 0 Å². The van der Waals surface area contributed by atoms with Crippen LogP contribution in [-0.2, 0) is 6.54 Å². The Labute approximate surface area is 125 Å². The minimum atomic E-state index is -0.433. The summed E-state index contributed by atoms with van der Waals surface area (Å²) >= 11 is 0. The average molecular weight is 305 g/mol. The van der Waals surface area contributed by atoms with Gasteiger partial charge in [0.25, 0.3) is 5.56 Å². The molecule has 1 aliphatic rings. The third-order valence-electron chi connectivity index (χ3n) is 4.28. The van der Waals surface area contributed by atoms with Gasteiger partial charge < -0.3 is 10.8 Å². The van der Waals surface area contributed by atoms with Crippen molar-refractivity contribution in [2.45, 2.75) is 31.8 Å². The molecule has 0 bridgehead atoms. The quantitative estimate of drug-likeness (QED) is 0.686. The van der Waals surface area contributed by atoms with Crippen LogP contribution in [0.4, 0.5) is 5.95 Å². The number of aromatic amines is 1. The molecule has 0 saturated heterocycles. The largest absolute Gasteiger partial charge is 0.396 e. The summed E-state index contributed by atoms with van der Waals surface area (Å²) in [5.74, 6) is 0.160. The fraction of sp³-hybridized carbons (Fsp3) is 0.500. The van der Waals surface area contributed by atoms with Crippen molar-refractivity contribution in [2.75, 3.05) is 12.3 Å². The lowest BCUT2D eigenvalue weighted by atomic mass is 10.1. The predicted octanol–water partition coefficient (Wildman–Crippen LogP) is -0.0120. The first-order valence-electron chi connectivity index (χ1n) is 7.29. The van der Waals surface area contributed by atoms with E-state index in [-0.39, 0.29) is 42.3 Å². The van der Waals surface area contributed by atoms with E-state index in [1.807, 2.05) is 0 Å². The Bertz CT molecular complexity index is 831. The Kier molecular flexibility index (Phi) is 3.61. The number of imidazole rings is 1. The monoisotopic (exact) mass is 305 g/mol. The number of H-pyrrole nitrogens is 1. The Morgan fingerprint density at radius 1 is 1.45 bits per heavy atom. The molecule has 0 aliphatic heterocycles. The summed E-state index contributed by atoms with van der Waals surface area (Å²) in [5.41, 5.74) is 5.42. The maximum Gasteiger partial charge on any atom is 0.331 e. The molecule has 0 amide bonds. The molecule has 4 N–H and O–H groups in total. The lowest BCUT2D eigenvalue weighted by Gasteiger charge is -2.11. The van der Waals surface area contributed by atoms with E-state index in [2.05, 4.69) is 16.5 Å². The Morgan fingerprint density at radius 2 is 2.23 bits per heavy atom. The molecule has 1 saturated carbocycles. The number of aliphatic hydroxyl groups is 1.